The molecule has 0 saturated carbocycles. The first-order valence-corrected chi connectivity index (χ1v) is 8.67. The summed E-state index contributed by atoms with van der Waals surface area (Å²) in [6.07, 6.45) is 0. The smallest absolute Gasteiger partial charge is 0.243 e. The Morgan fingerprint density at radius 3 is 2.22 bits per heavy atom. The van der Waals surface area contributed by atoms with Gasteiger partial charge in [0.25, 0.3) is 0 Å². The van der Waals surface area contributed by atoms with Gasteiger partial charge in [0, 0.05) is 17.9 Å². The van der Waals surface area contributed by atoms with Crippen LogP contribution in [0, 0.1) is 0 Å². The molecule has 0 atom stereocenters. The van der Waals surface area contributed by atoms with Crippen LogP contribution in [0.3, 0.4) is 0 Å². The molecule has 0 aliphatic rings. The number of carbonyl (C=O) groups is 1. The molecule has 2 rings (SSSR count). The SMILES string of the molecule is CCN(CC(=O)Nc1ccc(S(N)(=O)=O)cc1)c1ccccc1. The van der Waals surface area contributed by atoms with Gasteiger partial charge >= 0.3 is 0 Å². The Morgan fingerprint density at radius 2 is 1.70 bits per heavy atom. The molecule has 0 aromatic heterocycles. The molecule has 7 heteroatoms. The quantitative estimate of drug-likeness (QED) is 0.843. The molecule has 3 N–H and O–H groups in total. The maximum atomic E-state index is 12.1. The predicted octanol–water partition coefficient (Wildman–Crippen LogP) is 1.80. The zero-order chi connectivity index (χ0) is 16.9. The number of nitrogens with one attached hydrogen (secondary N) is 1. The number of rotatable bonds is 6. The van der Waals surface area contributed by atoms with E-state index in [1.807, 2.05) is 42.2 Å². The second-order valence-corrected chi connectivity index (χ2v) is 6.53. The molecule has 2 aromatic carbocycles. The van der Waals surface area contributed by atoms with E-state index in [4.69, 9.17) is 5.14 Å². The molecule has 0 aliphatic carbocycles. The van der Waals surface area contributed by atoms with Crippen molar-refractivity contribution in [2.45, 2.75) is 11.8 Å². The van der Waals surface area contributed by atoms with E-state index in [1.165, 1.54) is 24.3 Å². The van der Waals surface area contributed by atoms with Crippen molar-refractivity contribution in [2.24, 2.45) is 5.14 Å². The van der Waals surface area contributed by atoms with E-state index < -0.39 is 10.0 Å². The van der Waals surface area contributed by atoms with Crippen molar-refractivity contribution in [3.63, 3.8) is 0 Å². The third-order valence-corrected chi connectivity index (χ3v) is 4.23. The van der Waals surface area contributed by atoms with Gasteiger partial charge in [-0.2, -0.15) is 0 Å². The van der Waals surface area contributed by atoms with Crippen LogP contribution in [-0.2, 0) is 14.8 Å². The van der Waals surface area contributed by atoms with Crippen LogP contribution in [-0.4, -0.2) is 27.4 Å². The average molecular weight is 333 g/mol. The number of primary sulfonamides is 1. The van der Waals surface area contributed by atoms with Crippen molar-refractivity contribution in [3.8, 4) is 0 Å². The summed E-state index contributed by atoms with van der Waals surface area (Å²) in [4.78, 5) is 14.1. The Morgan fingerprint density at radius 1 is 1.09 bits per heavy atom. The first-order chi connectivity index (χ1) is 10.9. The lowest BCUT2D eigenvalue weighted by Gasteiger charge is -2.22. The summed E-state index contributed by atoms with van der Waals surface area (Å²) in [5.41, 5.74) is 1.49. The number of para-hydroxylation sites is 1. The predicted molar refractivity (Wildman–Crippen MR) is 90.8 cm³/mol. The number of anilines is 2. The number of sulfonamides is 1. The monoisotopic (exact) mass is 333 g/mol. The van der Waals surface area contributed by atoms with E-state index in [0.717, 1.165) is 5.69 Å². The Kier molecular flexibility index (Phi) is 5.36. The van der Waals surface area contributed by atoms with E-state index in [-0.39, 0.29) is 17.3 Å². The molecule has 2 aromatic rings. The molecule has 23 heavy (non-hydrogen) atoms. The molecular weight excluding hydrogens is 314 g/mol. The summed E-state index contributed by atoms with van der Waals surface area (Å²) in [5, 5.41) is 7.77. The molecule has 0 radical (unpaired) electrons. The fraction of sp³-hybridized carbons (Fsp3) is 0.188. The van der Waals surface area contributed by atoms with Gasteiger partial charge in [0.05, 0.1) is 11.4 Å². The molecule has 0 heterocycles. The molecule has 1 amide bonds. The molecule has 0 spiro atoms. The van der Waals surface area contributed by atoms with Gasteiger partial charge in [-0.25, -0.2) is 13.6 Å². The van der Waals surface area contributed by atoms with Gasteiger partial charge in [-0.1, -0.05) is 18.2 Å². The van der Waals surface area contributed by atoms with Crippen molar-refractivity contribution in [1.82, 2.24) is 0 Å². The van der Waals surface area contributed by atoms with Gasteiger partial charge in [0.2, 0.25) is 15.9 Å². The minimum atomic E-state index is -3.73. The molecule has 0 fully saturated rings. The molecule has 6 nitrogen and oxygen atoms in total. The number of nitrogens with two attached hydrogens (primary N) is 1. The fourth-order valence-corrected chi connectivity index (χ4v) is 2.64. The van der Waals surface area contributed by atoms with Gasteiger partial charge in [0.15, 0.2) is 0 Å². The van der Waals surface area contributed by atoms with Crippen LogP contribution in [0.15, 0.2) is 59.5 Å². The highest BCUT2D eigenvalue weighted by Crippen LogP contribution is 2.15. The molecule has 0 unspecified atom stereocenters. The second kappa shape index (κ2) is 7.26. The van der Waals surface area contributed by atoms with E-state index in [0.29, 0.717) is 12.2 Å². The van der Waals surface area contributed by atoms with Gasteiger partial charge in [-0.05, 0) is 43.3 Å². The third kappa shape index (κ3) is 4.80. The highest BCUT2D eigenvalue weighted by atomic mass is 32.2. The van der Waals surface area contributed by atoms with Crippen LogP contribution in [0.5, 0.6) is 0 Å². The summed E-state index contributed by atoms with van der Waals surface area (Å²) in [5.74, 6) is -0.181. The largest absolute Gasteiger partial charge is 0.362 e. The van der Waals surface area contributed by atoms with Crippen LogP contribution < -0.4 is 15.4 Å². The summed E-state index contributed by atoms with van der Waals surface area (Å²) < 4.78 is 22.4. The minimum absolute atomic E-state index is 0.00923. The topological polar surface area (TPSA) is 92.5 Å². The maximum Gasteiger partial charge on any atom is 0.243 e. The summed E-state index contributed by atoms with van der Waals surface area (Å²) in [6, 6.07) is 15.4. The van der Waals surface area contributed by atoms with Crippen LogP contribution in [0.1, 0.15) is 6.92 Å². The zero-order valence-corrected chi connectivity index (χ0v) is 13.6. The van der Waals surface area contributed by atoms with Crippen molar-refractivity contribution in [1.29, 1.82) is 0 Å². The lowest BCUT2D eigenvalue weighted by Crippen LogP contribution is -2.33. The Balaban J connectivity index is 2.01. The molecule has 0 bridgehead atoms. The second-order valence-electron chi connectivity index (χ2n) is 4.97. The Labute approximate surface area is 136 Å². The normalized spacial score (nSPS) is 11.0. The average Bonchev–Trinajstić information content (AvgIpc) is 2.53. The Hall–Kier alpha value is -2.38. The molecule has 0 aliphatic heterocycles. The third-order valence-electron chi connectivity index (χ3n) is 3.30. The lowest BCUT2D eigenvalue weighted by molar-refractivity contribution is -0.115. The molecule has 0 saturated heterocycles. The van der Waals surface area contributed by atoms with E-state index in [1.54, 1.807) is 0 Å². The highest BCUT2D eigenvalue weighted by Gasteiger charge is 2.11. The number of nitrogens with zero attached hydrogens (tertiary/aromatic N) is 1. The number of carbonyl (C=O) groups excluding carboxylic acids is 1. The van der Waals surface area contributed by atoms with E-state index >= 15 is 0 Å². The first kappa shape index (κ1) is 17.0. The van der Waals surface area contributed by atoms with Crippen molar-refractivity contribution < 1.29 is 13.2 Å². The van der Waals surface area contributed by atoms with Crippen LogP contribution in [0.4, 0.5) is 11.4 Å². The standard InChI is InChI=1S/C16H19N3O3S/c1-2-19(14-6-4-3-5-7-14)12-16(20)18-13-8-10-15(11-9-13)23(17,21)22/h3-11H,2,12H2,1H3,(H,18,20)(H2,17,21,22). The fourth-order valence-electron chi connectivity index (χ4n) is 2.13. The Bertz CT molecular complexity index is 759. The van der Waals surface area contributed by atoms with Crippen molar-refractivity contribution in [2.75, 3.05) is 23.3 Å². The van der Waals surface area contributed by atoms with E-state index in [2.05, 4.69) is 5.32 Å². The van der Waals surface area contributed by atoms with E-state index in [9.17, 15) is 13.2 Å². The molecular formula is C16H19N3O3S. The van der Waals surface area contributed by atoms with Gasteiger partial charge in [-0.15, -0.1) is 0 Å². The summed E-state index contributed by atoms with van der Waals surface area (Å²) in [7, 11) is -3.73. The first-order valence-electron chi connectivity index (χ1n) is 7.13. The summed E-state index contributed by atoms with van der Waals surface area (Å²) >= 11 is 0. The maximum absolute atomic E-state index is 12.1. The van der Waals surface area contributed by atoms with Crippen molar-refractivity contribution >= 4 is 27.3 Å². The number of hydrogen-bond acceptors (Lipinski definition) is 4. The van der Waals surface area contributed by atoms with Crippen molar-refractivity contribution in [3.05, 3.63) is 54.6 Å². The van der Waals surface area contributed by atoms with Gasteiger partial charge < -0.3 is 10.2 Å². The zero-order valence-electron chi connectivity index (χ0n) is 12.8. The van der Waals surface area contributed by atoms with Gasteiger partial charge in [-0.3, -0.25) is 4.79 Å². The molecule has 122 valence electrons. The van der Waals surface area contributed by atoms with Gasteiger partial charge in [0.1, 0.15) is 0 Å². The number of benzene rings is 2. The number of hydrogen-bond donors (Lipinski definition) is 2. The summed E-state index contributed by atoms with van der Waals surface area (Å²) in [6.45, 7) is 2.88. The number of likely N-dealkylation sites (N-methyl/N-ethyl adjacent to an activating group) is 1. The van der Waals surface area contributed by atoms with Crippen LogP contribution in [0.25, 0.3) is 0 Å². The lowest BCUT2D eigenvalue weighted by atomic mass is 10.2. The minimum Gasteiger partial charge on any atom is -0.362 e. The van der Waals surface area contributed by atoms with Crippen LogP contribution >= 0.6 is 0 Å². The van der Waals surface area contributed by atoms with Crippen LogP contribution in [0.2, 0.25) is 0 Å². The highest BCUT2D eigenvalue weighted by molar-refractivity contribution is 7.89. The number of amides is 1.